The molecule has 0 saturated heterocycles. The van der Waals surface area contributed by atoms with Crippen LogP contribution in [0.4, 0.5) is 0 Å². The first-order chi connectivity index (χ1) is 37.2. The van der Waals surface area contributed by atoms with Crippen LogP contribution in [0.5, 0.6) is 0 Å². The Balaban J connectivity index is 1.22. The average molecular weight is 1090 g/mol. The van der Waals surface area contributed by atoms with E-state index in [1.807, 2.05) is 0 Å². The van der Waals surface area contributed by atoms with Crippen molar-refractivity contribution >= 4 is 70.6 Å². The number of amides is 10. The number of ether oxygens (including phenoxy) is 8. The molecule has 4 aliphatic rings. The molecular formula is C51H70N6O20. The van der Waals surface area contributed by atoms with Crippen molar-refractivity contribution in [2.45, 2.75) is 51.4 Å². The van der Waals surface area contributed by atoms with Gasteiger partial charge in [0.15, 0.2) is 0 Å². The summed E-state index contributed by atoms with van der Waals surface area (Å²) in [5.74, 6) is -4.60. The quantitative estimate of drug-likeness (QED) is 0.0507. The zero-order valence-electron chi connectivity index (χ0n) is 43.3. The second-order valence-electron chi connectivity index (χ2n) is 17.8. The highest BCUT2D eigenvalue weighted by Gasteiger charge is 2.33. The molecule has 0 aromatic carbocycles. The lowest BCUT2D eigenvalue weighted by Crippen LogP contribution is -2.43. The van der Waals surface area contributed by atoms with Crippen LogP contribution in [0, 0.1) is 5.41 Å². The van der Waals surface area contributed by atoms with E-state index in [0.29, 0.717) is 12.8 Å². The molecule has 77 heavy (non-hydrogen) atoms. The van der Waals surface area contributed by atoms with Gasteiger partial charge in [0.1, 0.15) is 11.6 Å². The average Bonchev–Trinajstić information content (AvgIpc) is 4.13. The Morgan fingerprint density at radius 3 is 0.857 bits per heavy atom. The molecule has 0 aromatic rings. The number of carbonyl (C=O) groups is 12. The molecule has 0 radical (unpaired) electrons. The van der Waals surface area contributed by atoms with Crippen molar-refractivity contribution in [3.8, 4) is 0 Å². The SMILES string of the molecule is O=C(CCCOCCOCC(COCCOCCCC(=O)CCN1C(=O)C=CC1=O)(COCCOCCNC(=O)CCN1C(=O)C=CC1=O)COCCOCCNC(=O)CCN1C(=O)C=CC1=O)CCN1C(=O)C=CC1=O. The fourth-order valence-corrected chi connectivity index (χ4v) is 7.48. The van der Waals surface area contributed by atoms with Crippen LogP contribution in [0.15, 0.2) is 48.6 Å². The lowest BCUT2D eigenvalue weighted by molar-refractivity contribution is -0.139. The van der Waals surface area contributed by atoms with Gasteiger partial charge in [-0.15, -0.1) is 0 Å². The summed E-state index contributed by atoms with van der Waals surface area (Å²) in [6.07, 6.45) is 10.5. The first-order valence-electron chi connectivity index (χ1n) is 25.5. The van der Waals surface area contributed by atoms with Gasteiger partial charge in [0.2, 0.25) is 11.8 Å². The maximum atomic E-state index is 12.4. The lowest BCUT2D eigenvalue weighted by atomic mass is 9.92. The summed E-state index contributed by atoms with van der Waals surface area (Å²) in [4.78, 5) is 147. The monoisotopic (exact) mass is 1090 g/mol. The van der Waals surface area contributed by atoms with Gasteiger partial charge in [-0.25, -0.2) is 0 Å². The Hall–Kier alpha value is -6.52. The van der Waals surface area contributed by atoms with Crippen molar-refractivity contribution < 1.29 is 95.4 Å². The molecule has 0 spiro atoms. The highest BCUT2D eigenvalue weighted by Crippen LogP contribution is 2.21. The Morgan fingerprint density at radius 2 is 0.571 bits per heavy atom. The Labute approximate surface area is 445 Å². The van der Waals surface area contributed by atoms with E-state index in [-0.39, 0.29) is 207 Å². The zero-order chi connectivity index (χ0) is 55.7. The molecule has 0 fully saturated rings. The van der Waals surface area contributed by atoms with Crippen LogP contribution in [0.3, 0.4) is 0 Å². The van der Waals surface area contributed by atoms with Crippen molar-refractivity contribution in [2.75, 3.05) is 145 Å². The Kier molecular flexibility index (Phi) is 29.2. The van der Waals surface area contributed by atoms with E-state index in [1.54, 1.807) is 0 Å². The van der Waals surface area contributed by atoms with E-state index < -0.39 is 52.7 Å². The van der Waals surface area contributed by atoms with Gasteiger partial charge in [0, 0.05) is 140 Å². The molecule has 4 heterocycles. The van der Waals surface area contributed by atoms with Crippen LogP contribution >= 0.6 is 0 Å². The molecule has 0 aromatic heterocycles. The van der Waals surface area contributed by atoms with Crippen LogP contribution in [0.2, 0.25) is 0 Å². The number of hydrogen-bond donors (Lipinski definition) is 2. The molecule has 4 rings (SSSR count). The summed E-state index contributed by atoms with van der Waals surface area (Å²) in [5, 5.41) is 5.35. The zero-order valence-corrected chi connectivity index (χ0v) is 43.3. The highest BCUT2D eigenvalue weighted by molar-refractivity contribution is 6.14. The van der Waals surface area contributed by atoms with Crippen molar-refractivity contribution in [1.82, 2.24) is 30.2 Å². The summed E-state index contributed by atoms with van der Waals surface area (Å²) >= 11 is 0. The standard InChI is InChI=1S/C51H70N6O20/c58-39(13-19-54-43(62)5-6-44(54)63)3-1-23-70-27-31-74-35-51(36-75-32-28-71-24-2-4-40(59)14-20-55-45(64)7-8-46(55)65,37-76-33-29-72-25-17-52-41(60)15-21-56-47(66)9-10-48(56)67)38-77-34-30-73-26-18-53-42(61)16-22-57-49(68)11-12-50(57)69/h5-12H,1-4,13-38H2,(H,52,60)(H,53,61). The van der Waals surface area contributed by atoms with Gasteiger partial charge in [-0.3, -0.25) is 77.1 Å². The van der Waals surface area contributed by atoms with Gasteiger partial charge in [-0.05, 0) is 12.8 Å². The fraction of sp³-hybridized carbons (Fsp3) is 0.608. The third-order valence-corrected chi connectivity index (χ3v) is 11.7. The van der Waals surface area contributed by atoms with Crippen LogP contribution < -0.4 is 10.6 Å². The maximum Gasteiger partial charge on any atom is 0.253 e. The molecule has 0 aliphatic carbocycles. The third kappa shape index (κ3) is 24.6. The van der Waals surface area contributed by atoms with E-state index in [9.17, 15) is 57.5 Å². The molecule has 0 saturated carbocycles. The highest BCUT2D eigenvalue weighted by atomic mass is 16.6. The Morgan fingerprint density at radius 1 is 0.325 bits per heavy atom. The molecular weight excluding hydrogens is 1020 g/mol. The van der Waals surface area contributed by atoms with Crippen LogP contribution in [0.1, 0.15) is 51.4 Å². The number of nitrogens with one attached hydrogen (secondary N) is 2. The van der Waals surface area contributed by atoms with Gasteiger partial charge in [0.25, 0.3) is 47.3 Å². The number of nitrogens with zero attached hydrogens (tertiary/aromatic N) is 4. The number of rotatable bonds is 46. The van der Waals surface area contributed by atoms with Gasteiger partial charge in [0.05, 0.1) is 97.9 Å². The third-order valence-electron chi connectivity index (χ3n) is 11.7. The van der Waals surface area contributed by atoms with E-state index in [1.165, 1.54) is 24.3 Å². The minimum atomic E-state index is -0.913. The summed E-state index contributed by atoms with van der Waals surface area (Å²) in [6, 6.07) is 0. The molecule has 26 nitrogen and oxygen atoms in total. The molecule has 10 amide bonds. The number of Topliss-reactive ketones (excluding diaryl/α,β-unsaturated/α-hetero) is 2. The van der Waals surface area contributed by atoms with Gasteiger partial charge >= 0.3 is 0 Å². The molecule has 2 N–H and O–H groups in total. The second-order valence-corrected chi connectivity index (χ2v) is 17.8. The normalized spacial score (nSPS) is 15.3. The van der Waals surface area contributed by atoms with Gasteiger partial charge < -0.3 is 48.5 Å². The molecule has 0 atom stereocenters. The number of imide groups is 4. The van der Waals surface area contributed by atoms with Crippen LogP contribution in [-0.4, -0.2) is 235 Å². The predicted molar refractivity (Wildman–Crippen MR) is 265 cm³/mol. The van der Waals surface area contributed by atoms with Gasteiger partial charge in [-0.1, -0.05) is 0 Å². The maximum absolute atomic E-state index is 12.4. The summed E-state index contributed by atoms with van der Waals surface area (Å²) < 4.78 is 47.0. The number of carbonyl (C=O) groups excluding carboxylic acids is 12. The molecule has 4 aliphatic heterocycles. The number of hydrogen-bond acceptors (Lipinski definition) is 20. The summed E-state index contributed by atoms with van der Waals surface area (Å²) in [5.41, 5.74) is -0.913. The first kappa shape index (κ1) is 63.0. The molecule has 424 valence electrons. The number of ketones is 2. The van der Waals surface area contributed by atoms with E-state index >= 15 is 0 Å². The predicted octanol–water partition coefficient (Wildman–Crippen LogP) is -1.70. The first-order valence-corrected chi connectivity index (χ1v) is 25.5. The van der Waals surface area contributed by atoms with Crippen molar-refractivity contribution in [3.05, 3.63) is 48.6 Å². The van der Waals surface area contributed by atoms with Crippen molar-refractivity contribution in [1.29, 1.82) is 0 Å². The molecule has 0 bridgehead atoms. The van der Waals surface area contributed by atoms with E-state index in [0.717, 1.165) is 43.9 Å². The van der Waals surface area contributed by atoms with Crippen molar-refractivity contribution in [3.63, 3.8) is 0 Å². The molecule has 26 heteroatoms. The van der Waals surface area contributed by atoms with E-state index in [4.69, 9.17) is 37.9 Å². The summed E-state index contributed by atoms with van der Waals surface area (Å²) in [7, 11) is 0. The van der Waals surface area contributed by atoms with E-state index in [2.05, 4.69) is 10.6 Å². The van der Waals surface area contributed by atoms with Crippen LogP contribution in [0.25, 0.3) is 0 Å². The fourth-order valence-electron chi connectivity index (χ4n) is 7.48. The largest absolute Gasteiger partial charge is 0.379 e. The topological polar surface area (TPSA) is 316 Å². The smallest absolute Gasteiger partial charge is 0.253 e. The minimum absolute atomic E-state index is 0.0176. The lowest BCUT2D eigenvalue weighted by Gasteiger charge is -2.33. The molecule has 0 unspecified atom stereocenters. The Bertz CT molecular complexity index is 1820. The van der Waals surface area contributed by atoms with Crippen molar-refractivity contribution in [2.24, 2.45) is 5.41 Å². The van der Waals surface area contributed by atoms with Crippen LogP contribution in [-0.2, 0) is 95.4 Å². The summed E-state index contributed by atoms with van der Waals surface area (Å²) in [6.45, 7) is 2.62. The van der Waals surface area contributed by atoms with Gasteiger partial charge in [-0.2, -0.15) is 0 Å². The second kappa shape index (κ2) is 35.7. The minimum Gasteiger partial charge on any atom is -0.379 e.